The summed E-state index contributed by atoms with van der Waals surface area (Å²) >= 11 is 0. The molecule has 0 bridgehead atoms. The smallest absolute Gasteiger partial charge is 0.311 e. The topological polar surface area (TPSA) is 94.4 Å². The molecule has 2 aliphatic heterocycles. The maximum absolute atomic E-state index is 12.2. The van der Waals surface area contributed by atoms with Gasteiger partial charge in [0.1, 0.15) is 6.04 Å². The number of nitrogens with one attached hydrogen (secondary N) is 1. The molecule has 2 aliphatic rings. The van der Waals surface area contributed by atoms with Gasteiger partial charge in [0.15, 0.2) is 0 Å². The van der Waals surface area contributed by atoms with E-state index in [9.17, 15) is 14.4 Å². The maximum Gasteiger partial charge on any atom is 0.311 e. The van der Waals surface area contributed by atoms with Gasteiger partial charge in [0.25, 0.3) is 5.91 Å². The molecule has 0 radical (unpaired) electrons. The van der Waals surface area contributed by atoms with Crippen molar-refractivity contribution in [3.63, 3.8) is 0 Å². The molecule has 1 atom stereocenters. The lowest BCUT2D eigenvalue weighted by atomic mass is 9.99. The Bertz CT molecular complexity index is 695. The van der Waals surface area contributed by atoms with Crippen molar-refractivity contribution in [2.24, 2.45) is 10.2 Å². The van der Waals surface area contributed by atoms with Gasteiger partial charge >= 0.3 is 11.8 Å². The van der Waals surface area contributed by atoms with E-state index in [0.717, 1.165) is 13.1 Å². The largest absolute Gasteiger partial charge is 0.345 e. The van der Waals surface area contributed by atoms with Gasteiger partial charge in [0.2, 0.25) is 0 Å². The molecule has 1 N–H and O–H groups in total. The van der Waals surface area contributed by atoms with Crippen LogP contribution in [-0.2, 0) is 9.59 Å². The molecule has 126 valence electrons. The minimum absolute atomic E-state index is 0.131. The summed E-state index contributed by atoms with van der Waals surface area (Å²) in [5.74, 6) is -1.56. The van der Waals surface area contributed by atoms with Crippen LogP contribution in [0.4, 0.5) is 0 Å². The minimum atomic E-state index is -0.649. The van der Waals surface area contributed by atoms with Crippen LogP contribution in [0.3, 0.4) is 0 Å². The summed E-state index contributed by atoms with van der Waals surface area (Å²) in [7, 11) is 1.98. The van der Waals surface area contributed by atoms with Crippen molar-refractivity contribution in [2.75, 3.05) is 39.8 Å². The number of nitrogens with zero attached hydrogens (tertiary/aromatic N) is 4. The van der Waals surface area contributed by atoms with Gasteiger partial charge in [-0.3, -0.25) is 14.4 Å². The molecule has 1 aromatic rings. The van der Waals surface area contributed by atoms with Crippen LogP contribution in [0.1, 0.15) is 22.0 Å². The molecule has 1 fully saturated rings. The lowest BCUT2D eigenvalue weighted by Gasteiger charge is -2.31. The lowest BCUT2D eigenvalue weighted by Crippen LogP contribution is -2.52. The molecule has 2 heterocycles. The van der Waals surface area contributed by atoms with Gasteiger partial charge in [0, 0.05) is 38.3 Å². The number of benzene rings is 1. The number of fused-ring (bicyclic) bond motifs is 1. The van der Waals surface area contributed by atoms with Crippen molar-refractivity contribution in [1.82, 2.24) is 15.1 Å². The van der Waals surface area contributed by atoms with Crippen LogP contribution < -0.4 is 5.32 Å². The standard InChI is InChI=1S/C16H19N5O3/c1-20-6-8-21(9-7-20)16(24)15(23)17-10-13-11-4-2-3-5-12(11)14(22)19-18-13/h2-5,13H,6-10H2,1H3,(H,17,23). The monoisotopic (exact) mass is 329 g/mol. The third-order valence-electron chi connectivity index (χ3n) is 4.28. The molecule has 0 aromatic heterocycles. The van der Waals surface area contributed by atoms with Gasteiger partial charge in [-0.15, -0.1) is 5.11 Å². The zero-order valence-corrected chi connectivity index (χ0v) is 13.4. The Hall–Kier alpha value is -2.61. The molecule has 24 heavy (non-hydrogen) atoms. The van der Waals surface area contributed by atoms with Crippen LogP contribution in [0.2, 0.25) is 0 Å². The number of carbonyl (C=O) groups is 3. The summed E-state index contributed by atoms with van der Waals surface area (Å²) in [4.78, 5) is 39.6. The first-order chi connectivity index (χ1) is 11.6. The number of azo groups is 1. The molecule has 0 saturated carbocycles. The van der Waals surface area contributed by atoms with E-state index in [1.165, 1.54) is 0 Å². The third kappa shape index (κ3) is 3.33. The number of hydrogen-bond acceptors (Lipinski definition) is 5. The van der Waals surface area contributed by atoms with Crippen LogP contribution in [-0.4, -0.2) is 67.3 Å². The first-order valence-corrected chi connectivity index (χ1v) is 7.86. The van der Waals surface area contributed by atoms with Crippen molar-refractivity contribution in [3.05, 3.63) is 35.4 Å². The summed E-state index contributed by atoms with van der Waals surface area (Å²) in [6.07, 6.45) is 0. The Morgan fingerprint density at radius 1 is 1.21 bits per heavy atom. The van der Waals surface area contributed by atoms with Crippen molar-refractivity contribution < 1.29 is 14.4 Å². The zero-order chi connectivity index (χ0) is 17.1. The van der Waals surface area contributed by atoms with E-state index in [0.29, 0.717) is 24.2 Å². The highest BCUT2D eigenvalue weighted by molar-refractivity contribution is 6.35. The van der Waals surface area contributed by atoms with E-state index >= 15 is 0 Å². The SMILES string of the molecule is CN1CCN(C(=O)C(=O)NCC2N=NC(=O)c3ccccc32)CC1. The fourth-order valence-corrected chi connectivity index (χ4v) is 2.79. The van der Waals surface area contributed by atoms with Gasteiger partial charge < -0.3 is 15.1 Å². The van der Waals surface area contributed by atoms with Gasteiger partial charge in [-0.25, -0.2) is 0 Å². The number of carbonyl (C=O) groups excluding carboxylic acids is 3. The number of piperazine rings is 1. The van der Waals surface area contributed by atoms with Crippen LogP contribution >= 0.6 is 0 Å². The normalized spacial score (nSPS) is 20.6. The number of hydrogen-bond donors (Lipinski definition) is 1. The first-order valence-electron chi connectivity index (χ1n) is 7.86. The first kappa shape index (κ1) is 16.3. The number of likely N-dealkylation sites (N-methyl/N-ethyl adjacent to an activating group) is 1. The van der Waals surface area contributed by atoms with Crippen molar-refractivity contribution in [2.45, 2.75) is 6.04 Å². The van der Waals surface area contributed by atoms with E-state index in [1.54, 1.807) is 29.2 Å². The number of amides is 3. The quantitative estimate of drug-likeness (QED) is 0.786. The molecule has 0 spiro atoms. The summed E-state index contributed by atoms with van der Waals surface area (Å²) in [5, 5.41) is 10.1. The maximum atomic E-state index is 12.2. The van der Waals surface area contributed by atoms with E-state index < -0.39 is 17.9 Å². The molecular formula is C16H19N5O3. The highest BCUT2D eigenvalue weighted by Crippen LogP contribution is 2.26. The second-order valence-electron chi connectivity index (χ2n) is 5.93. The van der Waals surface area contributed by atoms with E-state index in [2.05, 4.69) is 20.4 Å². The number of rotatable bonds is 2. The summed E-state index contributed by atoms with van der Waals surface area (Å²) in [6.45, 7) is 2.73. The Labute approximate surface area is 139 Å². The molecule has 1 saturated heterocycles. The van der Waals surface area contributed by atoms with Gasteiger partial charge in [-0.2, -0.15) is 5.11 Å². The Morgan fingerprint density at radius 3 is 2.67 bits per heavy atom. The Kier molecular flexibility index (Phi) is 4.66. The van der Waals surface area contributed by atoms with Crippen LogP contribution in [0.25, 0.3) is 0 Å². The molecule has 3 amide bonds. The molecule has 1 unspecified atom stereocenters. The predicted molar refractivity (Wildman–Crippen MR) is 85.5 cm³/mol. The second kappa shape index (κ2) is 6.88. The summed E-state index contributed by atoms with van der Waals surface area (Å²) in [5.41, 5.74) is 1.20. The van der Waals surface area contributed by atoms with E-state index in [4.69, 9.17) is 0 Å². The van der Waals surface area contributed by atoms with Gasteiger partial charge in [-0.05, 0) is 18.7 Å². The van der Waals surface area contributed by atoms with Crippen LogP contribution in [0, 0.1) is 0 Å². The van der Waals surface area contributed by atoms with Crippen molar-refractivity contribution >= 4 is 17.7 Å². The minimum Gasteiger partial charge on any atom is -0.345 e. The van der Waals surface area contributed by atoms with Crippen LogP contribution in [0.5, 0.6) is 0 Å². The van der Waals surface area contributed by atoms with Gasteiger partial charge in [-0.1, -0.05) is 18.2 Å². The molecule has 3 rings (SSSR count). The molecule has 0 aliphatic carbocycles. The average molecular weight is 329 g/mol. The summed E-state index contributed by atoms with van der Waals surface area (Å²) in [6, 6.07) is 6.56. The van der Waals surface area contributed by atoms with Crippen LogP contribution in [0.15, 0.2) is 34.5 Å². The van der Waals surface area contributed by atoms with E-state index in [1.807, 2.05) is 7.05 Å². The second-order valence-corrected chi connectivity index (χ2v) is 5.93. The Balaban J connectivity index is 1.59. The highest BCUT2D eigenvalue weighted by Gasteiger charge is 2.27. The molecule has 1 aromatic carbocycles. The fourth-order valence-electron chi connectivity index (χ4n) is 2.79. The lowest BCUT2D eigenvalue weighted by molar-refractivity contribution is -0.146. The Morgan fingerprint density at radius 2 is 1.92 bits per heavy atom. The predicted octanol–water partition coefficient (Wildman–Crippen LogP) is 0.224. The average Bonchev–Trinajstić information content (AvgIpc) is 2.61. The molecule has 8 heteroatoms. The van der Waals surface area contributed by atoms with Crippen molar-refractivity contribution in [3.8, 4) is 0 Å². The fraction of sp³-hybridized carbons (Fsp3) is 0.438. The van der Waals surface area contributed by atoms with E-state index in [-0.39, 0.29) is 12.5 Å². The van der Waals surface area contributed by atoms with Gasteiger partial charge in [0.05, 0.1) is 0 Å². The zero-order valence-electron chi connectivity index (χ0n) is 13.4. The summed E-state index contributed by atoms with van der Waals surface area (Å²) < 4.78 is 0. The molecule has 8 nitrogen and oxygen atoms in total. The highest BCUT2D eigenvalue weighted by atomic mass is 16.2. The third-order valence-corrected chi connectivity index (χ3v) is 4.28. The molecular weight excluding hydrogens is 310 g/mol. The van der Waals surface area contributed by atoms with Crippen molar-refractivity contribution in [1.29, 1.82) is 0 Å².